The molecular formula is C18H15N3. The Morgan fingerprint density at radius 3 is 2.48 bits per heavy atom. The standard InChI is InChI=1S/C18H15N3/c19-21-20-12-6-5-8-15-13-14-7-1-2-9-16(14)18-11-4-3-10-17(15)18/h1-5,7-11,13H,6,12H2. The number of azide groups is 1. The van der Waals surface area contributed by atoms with E-state index in [0.717, 1.165) is 6.42 Å². The number of rotatable bonds is 4. The molecule has 0 aliphatic carbocycles. The first-order valence-electron chi connectivity index (χ1n) is 6.98. The zero-order valence-electron chi connectivity index (χ0n) is 11.6. The van der Waals surface area contributed by atoms with Crippen LogP contribution in [-0.4, -0.2) is 6.54 Å². The van der Waals surface area contributed by atoms with E-state index < -0.39 is 0 Å². The van der Waals surface area contributed by atoms with Crippen molar-refractivity contribution in [2.45, 2.75) is 6.42 Å². The average molecular weight is 273 g/mol. The Morgan fingerprint density at radius 1 is 0.952 bits per heavy atom. The predicted molar refractivity (Wildman–Crippen MR) is 89.1 cm³/mol. The molecule has 0 radical (unpaired) electrons. The van der Waals surface area contributed by atoms with Crippen molar-refractivity contribution in [1.82, 2.24) is 0 Å². The first-order valence-corrected chi connectivity index (χ1v) is 6.98. The summed E-state index contributed by atoms with van der Waals surface area (Å²) < 4.78 is 0. The van der Waals surface area contributed by atoms with E-state index >= 15 is 0 Å². The van der Waals surface area contributed by atoms with Gasteiger partial charge in [0.05, 0.1) is 0 Å². The molecule has 3 nitrogen and oxygen atoms in total. The summed E-state index contributed by atoms with van der Waals surface area (Å²) in [5.41, 5.74) is 9.48. The summed E-state index contributed by atoms with van der Waals surface area (Å²) in [6.45, 7) is 0.499. The fraction of sp³-hybridized carbons (Fsp3) is 0.111. The summed E-state index contributed by atoms with van der Waals surface area (Å²) in [6, 6.07) is 19.1. The fourth-order valence-corrected chi connectivity index (χ4v) is 2.61. The molecule has 0 fully saturated rings. The molecule has 0 atom stereocenters. The Balaban J connectivity index is 2.09. The van der Waals surface area contributed by atoms with Gasteiger partial charge in [0.1, 0.15) is 0 Å². The van der Waals surface area contributed by atoms with Crippen molar-refractivity contribution >= 4 is 27.6 Å². The maximum Gasteiger partial charge on any atom is 0.0292 e. The highest BCUT2D eigenvalue weighted by atomic mass is 15.1. The van der Waals surface area contributed by atoms with Crippen LogP contribution in [0.5, 0.6) is 0 Å². The van der Waals surface area contributed by atoms with Gasteiger partial charge in [-0.3, -0.25) is 0 Å². The van der Waals surface area contributed by atoms with E-state index in [1.165, 1.54) is 27.1 Å². The lowest BCUT2D eigenvalue weighted by Crippen LogP contribution is -1.82. The molecule has 0 aromatic heterocycles. The Labute approximate surface area is 123 Å². The second-order valence-corrected chi connectivity index (χ2v) is 4.88. The smallest absolute Gasteiger partial charge is 0.0292 e. The average Bonchev–Trinajstić information content (AvgIpc) is 2.54. The highest BCUT2D eigenvalue weighted by Gasteiger charge is 2.03. The van der Waals surface area contributed by atoms with Gasteiger partial charge in [0.25, 0.3) is 0 Å². The molecule has 0 unspecified atom stereocenters. The molecule has 0 saturated heterocycles. The lowest BCUT2D eigenvalue weighted by Gasteiger charge is -2.07. The van der Waals surface area contributed by atoms with E-state index in [9.17, 15) is 0 Å². The van der Waals surface area contributed by atoms with E-state index in [1.54, 1.807) is 0 Å². The minimum atomic E-state index is 0.499. The lowest BCUT2D eigenvalue weighted by molar-refractivity contribution is 0.996. The van der Waals surface area contributed by atoms with Crippen molar-refractivity contribution in [3.8, 4) is 0 Å². The van der Waals surface area contributed by atoms with Crippen LogP contribution >= 0.6 is 0 Å². The second-order valence-electron chi connectivity index (χ2n) is 4.88. The maximum atomic E-state index is 8.28. The molecule has 0 amide bonds. The molecule has 0 spiro atoms. The first-order chi connectivity index (χ1) is 10.4. The Morgan fingerprint density at radius 2 is 1.67 bits per heavy atom. The third-order valence-corrected chi connectivity index (χ3v) is 3.56. The molecule has 3 rings (SSSR count). The zero-order chi connectivity index (χ0) is 14.5. The van der Waals surface area contributed by atoms with Crippen LogP contribution in [0.25, 0.3) is 38.1 Å². The summed E-state index contributed by atoms with van der Waals surface area (Å²) in [4.78, 5) is 2.76. The van der Waals surface area contributed by atoms with Gasteiger partial charge in [0.2, 0.25) is 0 Å². The van der Waals surface area contributed by atoms with Gasteiger partial charge in [-0.1, -0.05) is 65.8 Å². The highest BCUT2D eigenvalue weighted by molar-refractivity contribution is 6.10. The van der Waals surface area contributed by atoms with Crippen LogP contribution in [0.2, 0.25) is 0 Å². The van der Waals surface area contributed by atoms with Crippen molar-refractivity contribution in [3.05, 3.63) is 76.7 Å². The molecule has 3 aromatic carbocycles. The summed E-state index contributed by atoms with van der Waals surface area (Å²) in [5.74, 6) is 0. The molecule has 0 aliphatic rings. The fourth-order valence-electron chi connectivity index (χ4n) is 2.61. The van der Waals surface area contributed by atoms with Crippen molar-refractivity contribution in [3.63, 3.8) is 0 Å². The molecular weight excluding hydrogens is 258 g/mol. The topological polar surface area (TPSA) is 48.8 Å². The normalized spacial score (nSPS) is 11.0. The van der Waals surface area contributed by atoms with E-state index in [2.05, 4.69) is 76.8 Å². The SMILES string of the molecule is [N-]=[N+]=NCCC=Cc1cc2ccccc2c2ccccc12. The quantitative estimate of drug-likeness (QED) is 0.192. The molecule has 3 heteroatoms. The van der Waals surface area contributed by atoms with Gasteiger partial charge in [-0.05, 0) is 45.1 Å². The molecule has 0 heterocycles. The minimum absolute atomic E-state index is 0.499. The van der Waals surface area contributed by atoms with Crippen LogP contribution in [0, 0.1) is 0 Å². The number of benzene rings is 3. The highest BCUT2D eigenvalue weighted by Crippen LogP contribution is 2.29. The Hall–Kier alpha value is -2.77. The van der Waals surface area contributed by atoms with Gasteiger partial charge in [0.15, 0.2) is 0 Å². The van der Waals surface area contributed by atoms with Crippen LogP contribution in [0.15, 0.2) is 65.8 Å². The zero-order valence-corrected chi connectivity index (χ0v) is 11.6. The molecule has 102 valence electrons. The molecule has 0 saturated carbocycles. The van der Waals surface area contributed by atoms with Crippen LogP contribution in [0.3, 0.4) is 0 Å². The van der Waals surface area contributed by atoms with Gasteiger partial charge in [-0.2, -0.15) is 0 Å². The van der Waals surface area contributed by atoms with E-state index in [0.29, 0.717) is 6.54 Å². The van der Waals surface area contributed by atoms with Crippen molar-refractivity contribution in [2.75, 3.05) is 6.54 Å². The summed E-state index contributed by atoms with van der Waals surface area (Å²) in [7, 11) is 0. The van der Waals surface area contributed by atoms with Crippen LogP contribution in [0.1, 0.15) is 12.0 Å². The third-order valence-electron chi connectivity index (χ3n) is 3.56. The van der Waals surface area contributed by atoms with Gasteiger partial charge >= 0.3 is 0 Å². The Kier molecular flexibility index (Phi) is 3.85. The summed E-state index contributed by atoms with van der Waals surface area (Å²) in [5, 5.41) is 8.58. The molecule has 0 bridgehead atoms. The third kappa shape index (κ3) is 2.73. The number of hydrogen-bond donors (Lipinski definition) is 0. The second kappa shape index (κ2) is 6.12. The van der Waals surface area contributed by atoms with Crippen molar-refractivity contribution in [2.24, 2.45) is 5.11 Å². The summed E-state index contributed by atoms with van der Waals surface area (Å²) >= 11 is 0. The molecule has 21 heavy (non-hydrogen) atoms. The number of nitrogens with zero attached hydrogens (tertiary/aromatic N) is 3. The predicted octanol–water partition coefficient (Wildman–Crippen LogP) is 5.71. The molecule has 3 aromatic rings. The van der Waals surface area contributed by atoms with Crippen LogP contribution in [0.4, 0.5) is 0 Å². The van der Waals surface area contributed by atoms with E-state index in [1.807, 2.05) is 0 Å². The van der Waals surface area contributed by atoms with Crippen molar-refractivity contribution < 1.29 is 0 Å². The largest absolute Gasteiger partial charge is 0.0937 e. The monoisotopic (exact) mass is 273 g/mol. The van der Waals surface area contributed by atoms with Gasteiger partial charge in [-0.15, -0.1) is 0 Å². The van der Waals surface area contributed by atoms with Gasteiger partial charge in [0, 0.05) is 11.5 Å². The van der Waals surface area contributed by atoms with E-state index in [-0.39, 0.29) is 0 Å². The molecule has 0 N–H and O–H groups in total. The maximum absolute atomic E-state index is 8.28. The van der Waals surface area contributed by atoms with Crippen LogP contribution in [-0.2, 0) is 0 Å². The van der Waals surface area contributed by atoms with Crippen LogP contribution < -0.4 is 0 Å². The van der Waals surface area contributed by atoms with Gasteiger partial charge < -0.3 is 0 Å². The lowest BCUT2D eigenvalue weighted by atomic mass is 9.97. The Bertz CT molecular complexity index is 859. The van der Waals surface area contributed by atoms with Crippen molar-refractivity contribution in [1.29, 1.82) is 0 Å². The number of fused-ring (bicyclic) bond motifs is 3. The van der Waals surface area contributed by atoms with Gasteiger partial charge in [-0.25, -0.2) is 0 Å². The first kappa shape index (κ1) is 13.2. The summed E-state index contributed by atoms with van der Waals surface area (Å²) in [6.07, 6.45) is 4.93. The molecule has 0 aliphatic heterocycles. The minimum Gasteiger partial charge on any atom is -0.0937 e. The van der Waals surface area contributed by atoms with E-state index in [4.69, 9.17) is 5.53 Å². The number of hydrogen-bond acceptors (Lipinski definition) is 1.